The predicted molar refractivity (Wildman–Crippen MR) is 86.0 cm³/mol. The summed E-state index contributed by atoms with van der Waals surface area (Å²) in [7, 11) is 0. The molecule has 2 aliphatic rings. The van der Waals surface area contributed by atoms with Crippen LogP contribution in [0.2, 0.25) is 0 Å². The minimum Gasteiger partial charge on any atom is -0.314 e. The zero-order valence-electron chi connectivity index (χ0n) is 12.6. The third-order valence-corrected chi connectivity index (χ3v) is 5.37. The average Bonchev–Trinajstić information content (AvgIpc) is 2.96. The van der Waals surface area contributed by atoms with Crippen molar-refractivity contribution in [2.75, 3.05) is 32.7 Å². The lowest BCUT2D eigenvalue weighted by Gasteiger charge is -2.36. The molecule has 0 aromatic carbocycles. The van der Waals surface area contributed by atoms with E-state index < -0.39 is 0 Å². The highest BCUT2D eigenvalue weighted by Gasteiger charge is 2.29. The van der Waals surface area contributed by atoms with Gasteiger partial charge in [-0.15, -0.1) is 11.3 Å². The smallest absolute Gasteiger partial charge is 0.0797 e. The van der Waals surface area contributed by atoms with Crippen LogP contribution in [0.25, 0.3) is 5.57 Å². The Bertz CT molecular complexity index is 470. The van der Waals surface area contributed by atoms with Gasteiger partial charge in [-0.25, -0.2) is 0 Å². The molecule has 0 unspecified atom stereocenters. The SMILES string of the molecule is CC1(C)CCC(CN2CCNCC2)=C(c2cncs2)C1. The Labute approximate surface area is 126 Å². The van der Waals surface area contributed by atoms with Crippen molar-refractivity contribution >= 4 is 16.9 Å². The number of hydrogen-bond acceptors (Lipinski definition) is 4. The number of allylic oxidation sites excluding steroid dienone is 1. The van der Waals surface area contributed by atoms with E-state index in [9.17, 15) is 0 Å². The Balaban J connectivity index is 1.83. The van der Waals surface area contributed by atoms with E-state index in [1.165, 1.54) is 37.2 Å². The van der Waals surface area contributed by atoms with Gasteiger partial charge < -0.3 is 5.32 Å². The molecule has 0 radical (unpaired) electrons. The van der Waals surface area contributed by atoms with Crippen LogP contribution in [0.3, 0.4) is 0 Å². The van der Waals surface area contributed by atoms with Gasteiger partial charge in [0.25, 0.3) is 0 Å². The lowest BCUT2D eigenvalue weighted by molar-refractivity contribution is 0.249. The van der Waals surface area contributed by atoms with Gasteiger partial charge in [0.2, 0.25) is 0 Å². The summed E-state index contributed by atoms with van der Waals surface area (Å²) in [6, 6.07) is 0. The maximum atomic E-state index is 4.29. The van der Waals surface area contributed by atoms with Crippen molar-refractivity contribution in [3.8, 4) is 0 Å². The van der Waals surface area contributed by atoms with Crippen LogP contribution in [0.5, 0.6) is 0 Å². The van der Waals surface area contributed by atoms with Crippen LogP contribution in [-0.2, 0) is 0 Å². The van der Waals surface area contributed by atoms with Gasteiger partial charge >= 0.3 is 0 Å². The van der Waals surface area contributed by atoms with E-state index >= 15 is 0 Å². The number of nitrogens with zero attached hydrogens (tertiary/aromatic N) is 2. The standard InChI is InChI=1S/C16H25N3S/c1-16(2)4-3-13(11-19-7-5-17-6-8-19)14(9-16)15-10-18-12-20-15/h10,12,17H,3-9,11H2,1-2H3. The Morgan fingerprint density at radius 2 is 2.15 bits per heavy atom. The number of hydrogen-bond donors (Lipinski definition) is 1. The van der Waals surface area contributed by atoms with E-state index in [0.29, 0.717) is 5.41 Å². The first-order valence-corrected chi connectivity index (χ1v) is 8.55. The molecule has 3 rings (SSSR count). The molecular weight excluding hydrogens is 266 g/mol. The van der Waals surface area contributed by atoms with Crippen LogP contribution in [0.4, 0.5) is 0 Å². The highest BCUT2D eigenvalue weighted by atomic mass is 32.1. The summed E-state index contributed by atoms with van der Waals surface area (Å²) < 4.78 is 0. The second kappa shape index (κ2) is 5.96. The fourth-order valence-electron chi connectivity index (χ4n) is 3.27. The minimum atomic E-state index is 0.437. The summed E-state index contributed by atoms with van der Waals surface area (Å²) in [5.74, 6) is 0. The fraction of sp³-hybridized carbons (Fsp3) is 0.688. The maximum absolute atomic E-state index is 4.29. The summed E-state index contributed by atoms with van der Waals surface area (Å²) in [6.07, 6.45) is 5.83. The predicted octanol–water partition coefficient (Wildman–Crippen LogP) is 3.01. The van der Waals surface area contributed by atoms with Crippen LogP contribution >= 0.6 is 11.3 Å². The van der Waals surface area contributed by atoms with Crippen molar-refractivity contribution in [3.63, 3.8) is 0 Å². The third-order valence-electron chi connectivity index (χ3n) is 4.54. The molecule has 3 nitrogen and oxygen atoms in total. The first-order valence-electron chi connectivity index (χ1n) is 7.67. The molecule has 1 saturated heterocycles. The van der Waals surface area contributed by atoms with Gasteiger partial charge in [-0.3, -0.25) is 9.88 Å². The fourth-order valence-corrected chi connectivity index (χ4v) is 3.99. The highest BCUT2D eigenvalue weighted by molar-refractivity contribution is 7.10. The van der Waals surface area contributed by atoms with Gasteiger partial charge in [0.05, 0.1) is 10.4 Å². The van der Waals surface area contributed by atoms with Crippen LogP contribution in [-0.4, -0.2) is 42.6 Å². The number of aromatic nitrogens is 1. The summed E-state index contributed by atoms with van der Waals surface area (Å²) >= 11 is 1.80. The number of thiazole rings is 1. The van der Waals surface area contributed by atoms with Gasteiger partial charge in [-0.05, 0) is 30.3 Å². The molecule has 20 heavy (non-hydrogen) atoms. The van der Waals surface area contributed by atoms with Crippen molar-refractivity contribution in [2.24, 2.45) is 5.41 Å². The molecule has 1 fully saturated rings. The molecule has 0 atom stereocenters. The van der Waals surface area contributed by atoms with Gasteiger partial charge in [-0.1, -0.05) is 19.4 Å². The van der Waals surface area contributed by atoms with E-state index in [1.54, 1.807) is 22.5 Å². The van der Waals surface area contributed by atoms with Crippen molar-refractivity contribution < 1.29 is 0 Å². The summed E-state index contributed by atoms with van der Waals surface area (Å²) in [5.41, 5.74) is 5.65. The van der Waals surface area contributed by atoms with E-state index in [2.05, 4.69) is 35.2 Å². The molecule has 0 bridgehead atoms. The van der Waals surface area contributed by atoms with Crippen molar-refractivity contribution in [3.05, 3.63) is 22.2 Å². The van der Waals surface area contributed by atoms with Gasteiger partial charge in [-0.2, -0.15) is 0 Å². The van der Waals surface area contributed by atoms with Crippen LogP contribution in [0.15, 0.2) is 17.3 Å². The largest absolute Gasteiger partial charge is 0.314 e. The lowest BCUT2D eigenvalue weighted by Crippen LogP contribution is -2.44. The Kier molecular flexibility index (Phi) is 4.24. The topological polar surface area (TPSA) is 28.2 Å². The Morgan fingerprint density at radius 3 is 2.85 bits per heavy atom. The Morgan fingerprint density at radius 1 is 1.35 bits per heavy atom. The normalized spacial score (nSPS) is 24.1. The molecule has 1 aliphatic carbocycles. The summed E-state index contributed by atoms with van der Waals surface area (Å²) in [4.78, 5) is 8.28. The Hall–Kier alpha value is -0.710. The third kappa shape index (κ3) is 3.30. The molecule has 4 heteroatoms. The quantitative estimate of drug-likeness (QED) is 0.928. The molecule has 0 amide bonds. The molecule has 1 aliphatic heterocycles. The first-order chi connectivity index (χ1) is 9.64. The number of piperazine rings is 1. The molecule has 2 heterocycles. The first kappa shape index (κ1) is 14.2. The monoisotopic (exact) mass is 291 g/mol. The summed E-state index contributed by atoms with van der Waals surface area (Å²) in [5, 5.41) is 3.44. The highest BCUT2D eigenvalue weighted by Crippen LogP contribution is 2.43. The molecule has 1 aromatic rings. The van der Waals surface area contributed by atoms with Crippen molar-refractivity contribution in [2.45, 2.75) is 33.1 Å². The van der Waals surface area contributed by atoms with Crippen LogP contribution in [0.1, 0.15) is 38.0 Å². The van der Waals surface area contributed by atoms with Crippen molar-refractivity contribution in [1.29, 1.82) is 0 Å². The second-order valence-electron chi connectivity index (χ2n) is 6.81. The minimum absolute atomic E-state index is 0.437. The van der Waals surface area contributed by atoms with Crippen LogP contribution < -0.4 is 5.32 Å². The van der Waals surface area contributed by atoms with Gasteiger partial charge in [0.15, 0.2) is 0 Å². The van der Waals surface area contributed by atoms with Gasteiger partial charge in [0, 0.05) is 38.9 Å². The molecule has 1 N–H and O–H groups in total. The van der Waals surface area contributed by atoms with Crippen molar-refractivity contribution in [1.82, 2.24) is 15.2 Å². The lowest BCUT2D eigenvalue weighted by atomic mass is 9.74. The molecule has 1 aromatic heterocycles. The summed E-state index contributed by atoms with van der Waals surface area (Å²) in [6.45, 7) is 10.6. The number of nitrogens with one attached hydrogen (secondary N) is 1. The maximum Gasteiger partial charge on any atom is 0.0797 e. The molecule has 110 valence electrons. The second-order valence-corrected chi connectivity index (χ2v) is 7.70. The van der Waals surface area contributed by atoms with Crippen LogP contribution in [0, 0.1) is 5.41 Å². The van der Waals surface area contributed by atoms with Gasteiger partial charge in [0.1, 0.15) is 0 Å². The zero-order valence-corrected chi connectivity index (χ0v) is 13.4. The molecule has 0 spiro atoms. The van der Waals surface area contributed by atoms with E-state index in [1.807, 2.05) is 5.51 Å². The molecular formula is C16H25N3S. The number of rotatable bonds is 3. The average molecular weight is 291 g/mol. The molecule has 0 saturated carbocycles. The van der Waals surface area contributed by atoms with E-state index in [-0.39, 0.29) is 0 Å². The zero-order chi connectivity index (χ0) is 14.0. The van der Waals surface area contributed by atoms with E-state index in [4.69, 9.17) is 0 Å². The van der Waals surface area contributed by atoms with E-state index in [0.717, 1.165) is 19.6 Å².